The molecule has 0 saturated heterocycles. The minimum Gasteiger partial charge on any atom is -0.355 e. The number of unbranched alkanes of at least 4 members (excludes halogenated alkanes) is 1. The maximum absolute atomic E-state index is 11.3. The van der Waals surface area contributed by atoms with Crippen LogP contribution >= 0.6 is 0 Å². The minimum absolute atomic E-state index is 0.0638. The van der Waals surface area contributed by atoms with Crippen LogP contribution in [0.4, 0.5) is 0 Å². The summed E-state index contributed by atoms with van der Waals surface area (Å²) in [6, 6.07) is 1.89. The molecule has 1 aromatic rings. The van der Waals surface area contributed by atoms with Gasteiger partial charge in [0.15, 0.2) is 0 Å². The summed E-state index contributed by atoms with van der Waals surface area (Å²) in [5, 5.41) is 10.0. The van der Waals surface area contributed by atoms with Gasteiger partial charge in [0.25, 0.3) is 0 Å². The van der Waals surface area contributed by atoms with E-state index in [1.807, 2.05) is 16.9 Å². The number of amides is 1. The Hall–Kier alpha value is -1.36. The van der Waals surface area contributed by atoms with Crippen LogP contribution in [-0.2, 0) is 11.3 Å². The first kappa shape index (κ1) is 12.7. The molecule has 1 rings (SSSR count). The summed E-state index contributed by atoms with van der Waals surface area (Å²) in [4.78, 5) is 11.3. The van der Waals surface area contributed by atoms with E-state index in [0.29, 0.717) is 6.54 Å². The van der Waals surface area contributed by atoms with Gasteiger partial charge >= 0.3 is 0 Å². The van der Waals surface area contributed by atoms with Crippen molar-refractivity contribution in [2.45, 2.75) is 26.3 Å². The van der Waals surface area contributed by atoms with Crippen LogP contribution in [0.5, 0.6) is 0 Å². The average molecular weight is 224 g/mol. The first-order valence-electron chi connectivity index (χ1n) is 5.77. The van der Waals surface area contributed by atoms with Gasteiger partial charge in [-0.1, -0.05) is 13.3 Å². The monoisotopic (exact) mass is 224 g/mol. The second-order valence-electron chi connectivity index (χ2n) is 3.65. The average Bonchev–Trinajstić information content (AvgIpc) is 2.78. The van der Waals surface area contributed by atoms with Crippen LogP contribution < -0.4 is 10.6 Å². The molecule has 0 bridgehead atoms. The molecule has 2 N–H and O–H groups in total. The number of nitrogens with zero attached hydrogens (tertiary/aromatic N) is 2. The Morgan fingerprint density at radius 1 is 1.44 bits per heavy atom. The van der Waals surface area contributed by atoms with Gasteiger partial charge in [-0.05, 0) is 12.5 Å². The third-order valence-electron chi connectivity index (χ3n) is 2.21. The van der Waals surface area contributed by atoms with Crippen LogP contribution in [0.2, 0.25) is 0 Å². The molecule has 5 heteroatoms. The van der Waals surface area contributed by atoms with Gasteiger partial charge in [0.05, 0.1) is 13.1 Å². The predicted molar refractivity (Wildman–Crippen MR) is 63.0 cm³/mol. The Kier molecular flexibility index (Phi) is 6.25. The lowest BCUT2D eigenvalue weighted by Crippen LogP contribution is -2.35. The maximum atomic E-state index is 11.3. The van der Waals surface area contributed by atoms with Gasteiger partial charge < -0.3 is 10.6 Å². The van der Waals surface area contributed by atoms with E-state index >= 15 is 0 Å². The summed E-state index contributed by atoms with van der Waals surface area (Å²) in [5.41, 5.74) is 0. The molecule has 0 aliphatic rings. The van der Waals surface area contributed by atoms with Crippen molar-refractivity contribution in [1.82, 2.24) is 20.4 Å². The van der Waals surface area contributed by atoms with Crippen molar-refractivity contribution in [3.8, 4) is 0 Å². The number of hydrogen-bond donors (Lipinski definition) is 2. The molecule has 0 aliphatic carbocycles. The molecular weight excluding hydrogens is 204 g/mol. The number of carbonyl (C=O) groups excluding carboxylic acids is 1. The van der Waals surface area contributed by atoms with Crippen molar-refractivity contribution < 1.29 is 4.79 Å². The summed E-state index contributed by atoms with van der Waals surface area (Å²) in [5.74, 6) is 0.0638. The number of nitrogens with one attached hydrogen (secondary N) is 2. The van der Waals surface area contributed by atoms with Gasteiger partial charge in [-0.2, -0.15) is 5.10 Å². The molecule has 0 spiro atoms. The van der Waals surface area contributed by atoms with E-state index in [9.17, 15) is 4.79 Å². The highest BCUT2D eigenvalue weighted by Crippen LogP contribution is 1.83. The molecule has 5 nitrogen and oxygen atoms in total. The Balaban J connectivity index is 1.96. The molecular formula is C11H20N4O. The maximum Gasteiger partial charge on any atom is 0.233 e. The van der Waals surface area contributed by atoms with Gasteiger partial charge in [-0.3, -0.25) is 9.48 Å². The zero-order valence-electron chi connectivity index (χ0n) is 9.78. The molecule has 1 heterocycles. The molecule has 16 heavy (non-hydrogen) atoms. The van der Waals surface area contributed by atoms with Crippen LogP contribution in [0.3, 0.4) is 0 Å². The Morgan fingerprint density at radius 2 is 2.31 bits per heavy atom. The minimum atomic E-state index is 0.0638. The van der Waals surface area contributed by atoms with Crippen molar-refractivity contribution in [1.29, 1.82) is 0 Å². The molecule has 90 valence electrons. The fourth-order valence-electron chi connectivity index (χ4n) is 1.30. The zero-order valence-corrected chi connectivity index (χ0v) is 9.78. The number of carbonyl (C=O) groups is 1. The van der Waals surface area contributed by atoms with E-state index in [-0.39, 0.29) is 5.91 Å². The smallest absolute Gasteiger partial charge is 0.233 e. The van der Waals surface area contributed by atoms with Crippen LogP contribution in [0, 0.1) is 0 Å². The largest absolute Gasteiger partial charge is 0.355 e. The van der Waals surface area contributed by atoms with Gasteiger partial charge in [0, 0.05) is 25.5 Å². The van der Waals surface area contributed by atoms with Crippen molar-refractivity contribution in [3.05, 3.63) is 18.5 Å². The van der Waals surface area contributed by atoms with E-state index in [2.05, 4.69) is 22.7 Å². The first-order valence-corrected chi connectivity index (χ1v) is 5.77. The molecule has 0 atom stereocenters. The molecule has 0 saturated carbocycles. The van der Waals surface area contributed by atoms with Crippen LogP contribution in [0.1, 0.15) is 19.8 Å². The molecule has 1 aromatic heterocycles. The molecule has 0 aromatic carbocycles. The SMILES string of the molecule is CCCCNC(=O)CNCCn1cccn1. The fourth-order valence-corrected chi connectivity index (χ4v) is 1.30. The standard InChI is InChI=1S/C11H20N4O/c1-2-3-5-13-11(16)10-12-7-9-15-8-4-6-14-15/h4,6,8,12H,2-3,5,7,9-10H2,1H3,(H,13,16). The van der Waals surface area contributed by atoms with Gasteiger partial charge in [0.1, 0.15) is 0 Å². The van der Waals surface area contributed by atoms with Crippen LogP contribution in [0.15, 0.2) is 18.5 Å². The second kappa shape index (κ2) is 7.87. The second-order valence-corrected chi connectivity index (χ2v) is 3.65. The number of rotatable bonds is 8. The lowest BCUT2D eigenvalue weighted by atomic mass is 10.3. The van der Waals surface area contributed by atoms with Gasteiger partial charge in [0.2, 0.25) is 5.91 Å². The Morgan fingerprint density at radius 3 is 3.00 bits per heavy atom. The quantitative estimate of drug-likeness (QED) is 0.628. The summed E-state index contributed by atoms with van der Waals surface area (Å²) in [6.07, 6.45) is 5.80. The molecule has 0 aliphatic heterocycles. The summed E-state index contributed by atoms with van der Waals surface area (Å²) >= 11 is 0. The van der Waals surface area contributed by atoms with Crippen molar-refractivity contribution in [2.24, 2.45) is 0 Å². The Labute approximate surface area is 96.2 Å². The van der Waals surface area contributed by atoms with E-state index in [4.69, 9.17) is 0 Å². The molecule has 0 radical (unpaired) electrons. The van der Waals surface area contributed by atoms with Gasteiger partial charge in [-0.25, -0.2) is 0 Å². The van der Waals surface area contributed by atoms with Crippen molar-refractivity contribution in [3.63, 3.8) is 0 Å². The lowest BCUT2D eigenvalue weighted by molar-refractivity contribution is -0.120. The topological polar surface area (TPSA) is 59.0 Å². The summed E-state index contributed by atoms with van der Waals surface area (Å²) in [7, 11) is 0. The predicted octanol–water partition coefficient (Wildman–Crippen LogP) is 0.389. The van der Waals surface area contributed by atoms with E-state index in [0.717, 1.165) is 32.5 Å². The zero-order chi connectivity index (χ0) is 11.6. The Bertz CT molecular complexity index is 284. The third kappa shape index (κ3) is 5.50. The first-order chi connectivity index (χ1) is 7.83. The molecule has 0 fully saturated rings. The highest BCUT2D eigenvalue weighted by molar-refractivity contribution is 5.77. The molecule has 0 unspecified atom stereocenters. The normalized spacial score (nSPS) is 10.3. The third-order valence-corrected chi connectivity index (χ3v) is 2.21. The van der Waals surface area contributed by atoms with Crippen LogP contribution in [-0.4, -0.2) is 35.3 Å². The van der Waals surface area contributed by atoms with Gasteiger partial charge in [-0.15, -0.1) is 0 Å². The lowest BCUT2D eigenvalue weighted by Gasteiger charge is -2.06. The van der Waals surface area contributed by atoms with Crippen molar-refractivity contribution >= 4 is 5.91 Å². The highest BCUT2D eigenvalue weighted by Gasteiger charge is 1.98. The van der Waals surface area contributed by atoms with Crippen molar-refractivity contribution in [2.75, 3.05) is 19.6 Å². The molecule has 1 amide bonds. The van der Waals surface area contributed by atoms with E-state index in [1.54, 1.807) is 6.20 Å². The number of aromatic nitrogens is 2. The highest BCUT2D eigenvalue weighted by atomic mass is 16.1. The summed E-state index contributed by atoms with van der Waals surface area (Å²) in [6.45, 7) is 4.80. The van der Waals surface area contributed by atoms with E-state index < -0.39 is 0 Å². The fraction of sp³-hybridized carbons (Fsp3) is 0.636. The van der Waals surface area contributed by atoms with Crippen LogP contribution in [0.25, 0.3) is 0 Å². The number of hydrogen-bond acceptors (Lipinski definition) is 3. The summed E-state index contributed by atoms with van der Waals surface area (Å²) < 4.78 is 1.84. The van der Waals surface area contributed by atoms with E-state index in [1.165, 1.54) is 0 Å².